The molecule has 1 unspecified atom stereocenters. The standard InChI is InChI=1S/C25H29NO4/c1-5-6-7-13-26-22(18-9-8-10-20(15-18)30-4)21(24(28)25(26)29)23(27)19-12-11-16(2)17(3)14-19/h8-12,14-15,22,27H,5-7,13H2,1-4H3/b23-21-. The van der Waals surface area contributed by atoms with Gasteiger partial charge in [0.25, 0.3) is 11.7 Å². The van der Waals surface area contributed by atoms with Gasteiger partial charge in [-0.05, 0) is 55.2 Å². The summed E-state index contributed by atoms with van der Waals surface area (Å²) < 4.78 is 5.34. The van der Waals surface area contributed by atoms with E-state index in [2.05, 4.69) is 6.92 Å². The zero-order valence-corrected chi connectivity index (χ0v) is 18.1. The van der Waals surface area contributed by atoms with Crippen LogP contribution in [0.3, 0.4) is 0 Å². The molecule has 0 bridgehead atoms. The third-order valence-electron chi connectivity index (χ3n) is 5.73. The first-order chi connectivity index (χ1) is 14.4. The van der Waals surface area contributed by atoms with Gasteiger partial charge in [0.2, 0.25) is 0 Å². The van der Waals surface area contributed by atoms with Gasteiger partial charge in [0.15, 0.2) is 0 Å². The summed E-state index contributed by atoms with van der Waals surface area (Å²) in [4.78, 5) is 27.5. The van der Waals surface area contributed by atoms with E-state index in [0.717, 1.165) is 36.0 Å². The number of carbonyl (C=O) groups excluding carboxylic acids is 2. The van der Waals surface area contributed by atoms with E-state index in [4.69, 9.17) is 4.74 Å². The maximum atomic E-state index is 13.0. The van der Waals surface area contributed by atoms with Crippen LogP contribution in [0, 0.1) is 13.8 Å². The zero-order chi connectivity index (χ0) is 21.8. The molecule has 1 heterocycles. The number of benzene rings is 2. The highest BCUT2D eigenvalue weighted by molar-refractivity contribution is 6.46. The maximum absolute atomic E-state index is 13.0. The van der Waals surface area contributed by atoms with E-state index in [9.17, 15) is 14.7 Å². The molecule has 0 spiro atoms. The number of hydrogen-bond acceptors (Lipinski definition) is 4. The average molecular weight is 408 g/mol. The van der Waals surface area contributed by atoms with Crippen molar-refractivity contribution >= 4 is 17.4 Å². The number of methoxy groups -OCH3 is 1. The van der Waals surface area contributed by atoms with Crippen LogP contribution in [0.15, 0.2) is 48.0 Å². The number of Topliss-reactive ketones (excluding diaryl/α,β-unsaturated/α-hetero) is 1. The Morgan fingerprint density at radius 3 is 2.50 bits per heavy atom. The van der Waals surface area contributed by atoms with Gasteiger partial charge in [-0.2, -0.15) is 0 Å². The number of aliphatic hydroxyl groups is 1. The zero-order valence-electron chi connectivity index (χ0n) is 18.1. The van der Waals surface area contributed by atoms with Gasteiger partial charge in [0, 0.05) is 12.1 Å². The lowest BCUT2D eigenvalue weighted by molar-refractivity contribution is -0.139. The lowest BCUT2D eigenvalue weighted by atomic mass is 9.94. The Bertz CT molecular complexity index is 992. The number of aryl methyl sites for hydroxylation is 2. The van der Waals surface area contributed by atoms with Gasteiger partial charge in [-0.1, -0.05) is 44.0 Å². The number of hydrogen-bond donors (Lipinski definition) is 1. The number of carbonyl (C=O) groups is 2. The molecule has 0 aliphatic carbocycles. The normalized spacial score (nSPS) is 18.1. The second-order valence-corrected chi connectivity index (χ2v) is 7.78. The Kier molecular flexibility index (Phi) is 6.60. The van der Waals surface area contributed by atoms with Gasteiger partial charge in [0.1, 0.15) is 11.5 Å². The number of likely N-dealkylation sites (tertiary alicyclic amines) is 1. The van der Waals surface area contributed by atoms with Crippen LogP contribution in [0.2, 0.25) is 0 Å². The molecule has 3 rings (SSSR count). The minimum Gasteiger partial charge on any atom is -0.507 e. The fraction of sp³-hybridized carbons (Fsp3) is 0.360. The third kappa shape index (κ3) is 4.11. The lowest BCUT2D eigenvalue weighted by Gasteiger charge is -2.25. The van der Waals surface area contributed by atoms with Crippen LogP contribution in [-0.2, 0) is 9.59 Å². The maximum Gasteiger partial charge on any atom is 0.295 e. The first kappa shape index (κ1) is 21.6. The minimum absolute atomic E-state index is 0.132. The van der Waals surface area contributed by atoms with Crippen LogP contribution in [0.4, 0.5) is 0 Å². The summed E-state index contributed by atoms with van der Waals surface area (Å²) in [5, 5.41) is 11.1. The quantitative estimate of drug-likeness (QED) is 0.306. The second-order valence-electron chi connectivity index (χ2n) is 7.78. The summed E-state index contributed by atoms with van der Waals surface area (Å²) >= 11 is 0. The van der Waals surface area contributed by atoms with E-state index < -0.39 is 17.7 Å². The van der Waals surface area contributed by atoms with Crippen LogP contribution < -0.4 is 4.74 Å². The highest BCUT2D eigenvalue weighted by Gasteiger charge is 2.45. The molecule has 5 nitrogen and oxygen atoms in total. The number of amides is 1. The molecule has 1 atom stereocenters. The first-order valence-electron chi connectivity index (χ1n) is 10.4. The Balaban J connectivity index is 2.15. The van der Waals surface area contributed by atoms with Gasteiger partial charge in [-0.15, -0.1) is 0 Å². The Morgan fingerprint density at radius 1 is 1.07 bits per heavy atom. The van der Waals surface area contributed by atoms with E-state index in [-0.39, 0.29) is 11.3 Å². The van der Waals surface area contributed by atoms with Crippen molar-refractivity contribution in [2.24, 2.45) is 0 Å². The largest absolute Gasteiger partial charge is 0.507 e. The SMILES string of the molecule is CCCCCN1C(=O)C(=O)/C(=C(\O)c2ccc(C)c(C)c2)C1c1cccc(OC)c1. The molecule has 1 fully saturated rings. The van der Waals surface area contributed by atoms with E-state index in [1.54, 1.807) is 18.1 Å². The van der Waals surface area contributed by atoms with Crippen molar-refractivity contribution in [3.63, 3.8) is 0 Å². The number of aliphatic hydroxyl groups excluding tert-OH is 1. The van der Waals surface area contributed by atoms with E-state index in [1.807, 2.05) is 50.2 Å². The van der Waals surface area contributed by atoms with Gasteiger partial charge < -0.3 is 14.7 Å². The van der Waals surface area contributed by atoms with Gasteiger partial charge in [0.05, 0.1) is 18.7 Å². The van der Waals surface area contributed by atoms with Crippen molar-refractivity contribution in [2.45, 2.75) is 46.1 Å². The monoisotopic (exact) mass is 407 g/mol. The molecule has 2 aromatic rings. The molecule has 1 saturated heterocycles. The Hall–Kier alpha value is -3.08. The molecule has 0 saturated carbocycles. The Morgan fingerprint density at radius 2 is 1.83 bits per heavy atom. The Labute approximate surface area is 178 Å². The van der Waals surface area contributed by atoms with Crippen LogP contribution in [0.5, 0.6) is 5.75 Å². The van der Waals surface area contributed by atoms with E-state index >= 15 is 0 Å². The summed E-state index contributed by atoms with van der Waals surface area (Å²) in [6.45, 7) is 6.49. The van der Waals surface area contributed by atoms with Crippen LogP contribution >= 0.6 is 0 Å². The molecule has 1 aliphatic rings. The van der Waals surface area contributed by atoms with Crippen LogP contribution in [-0.4, -0.2) is 35.4 Å². The summed E-state index contributed by atoms with van der Waals surface area (Å²) in [5.74, 6) is -0.709. The molecule has 0 radical (unpaired) electrons. The van der Waals surface area contributed by atoms with Gasteiger partial charge in [-0.25, -0.2) is 0 Å². The van der Waals surface area contributed by atoms with Gasteiger partial charge >= 0.3 is 0 Å². The molecular formula is C25H29NO4. The number of nitrogens with zero attached hydrogens (tertiary/aromatic N) is 1. The summed E-state index contributed by atoms with van der Waals surface area (Å²) in [7, 11) is 1.58. The molecular weight excluding hydrogens is 378 g/mol. The number of unbranched alkanes of at least 4 members (excludes halogenated alkanes) is 2. The molecule has 1 amide bonds. The predicted molar refractivity (Wildman–Crippen MR) is 117 cm³/mol. The van der Waals surface area contributed by atoms with Crippen molar-refractivity contribution < 1.29 is 19.4 Å². The molecule has 158 valence electrons. The molecule has 5 heteroatoms. The average Bonchev–Trinajstić information content (AvgIpc) is 3.00. The van der Waals surface area contributed by atoms with Crippen molar-refractivity contribution in [3.8, 4) is 5.75 Å². The number of ether oxygens (including phenoxy) is 1. The van der Waals surface area contributed by atoms with Crippen molar-refractivity contribution in [2.75, 3.05) is 13.7 Å². The summed E-state index contributed by atoms with van der Waals surface area (Å²) in [5.41, 5.74) is 3.52. The molecule has 0 aromatic heterocycles. The molecule has 1 aliphatic heterocycles. The van der Waals surface area contributed by atoms with Crippen LogP contribution in [0.1, 0.15) is 54.5 Å². The number of ketones is 1. The van der Waals surface area contributed by atoms with E-state index in [0.29, 0.717) is 17.9 Å². The fourth-order valence-electron chi connectivity index (χ4n) is 3.85. The second kappa shape index (κ2) is 9.16. The van der Waals surface area contributed by atoms with E-state index in [1.165, 1.54) is 0 Å². The van der Waals surface area contributed by atoms with Crippen molar-refractivity contribution in [1.29, 1.82) is 0 Å². The highest BCUT2D eigenvalue weighted by atomic mass is 16.5. The highest BCUT2D eigenvalue weighted by Crippen LogP contribution is 2.40. The molecule has 1 N–H and O–H groups in total. The third-order valence-corrected chi connectivity index (χ3v) is 5.73. The minimum atomic E-state index is -0.643. The lowest BCUT2D eigenvalue weighted by Crippen LogP contribution is -2.30. The predicted octanol–water partition coefficient (Wildman–Crippen LogP) is 4.92. The van der Waals surface area contributed by atoms with Gasteiger partial charge in [-0.3, -0.25) is 9.59 Å². The molecule has 30 heavy (non-hydrogen) atoms. The van der Waals surface area contributed by atoms with Crippen LogP contribution in [0.25, 0.3) is 5.76 Å². The summed E-state index contributed by atoms with van der Waals surface area (Å²) in [6, 6.07) is 12.2. The first-order valence-corrected chi connectivity index (χ1v) is 10.4. The van der Waals surface area contributed by atoms with Crippen molar-refractivity contribution in [1.82, 2.24) is 4.90 Å². The fourth-order valence-corrected chi connectivity index (χ4v) is 3.85. The van der Waals surface area contributed by atoms with Crippen molar-refractivity contribution in [3.05, 3.63) is 70.3 Å². The number of rotatable bonds is 7. The topological polar surface area (TPSA) is 66.8 Å². The smallest absolute Gasteiger partial charge is 0.295 e. The molecule has 2 aromatic carbocycles. The summed E-state index contributed by atoms with van der Waals surface area (Å²) in [6.07, 6.45) is 2.77.